The molecule has 0 spiro atoms. The Kier molecular flexibility index (Phi) is 8.82. The highest BCUT2D eigenvalue weighted by molar-refractivity contribution is 5.94. The van der Waals surface area contributed by atoms with Crippen molar-refractivity contribution in [1.29, 1.82) is 0 Å². The Bertz CT molecular complexity index is 728. The maximum absolute atomic E-state index is 12.8. The van der Waals surface area contributed by atoms with Crippen LogP contribution in [0.25, 0.3) is 0 Å². The fourth-order valence-corrected chi connectivity index (χ4v) is 2.45. The third-order valence-electron chi connectivity index (χ3n) is 4.36. The molecule has 3 atom stereocenters. The van der Waals surface area contributed by atoms with E-state index in [0.717, 1.165) is 5.56 Å². The normalized spacial score (nSPS) is 14.2. The molecule has 0 heterocycles. The molecule has 3 amide bonds. The lowest BCUT2D eigenvalue weighted by Crippen LogP contribution is -2.56. The van der Waals surface area contributed by atoms with Crippen LogP contribution in [-0.2, 0) is 25.6 Å². The van der Waals surface area contributed by atoms with Gasteiger partial charge in [-0.15, -0.1) is 0 Å². The molecule has 0 aromatic heterocycles. The van der Waals surface area contributed by atoms with Crippen LogP contribution in [-0.4, -0.2) is 46.9 Å². The van der Waals surface area contributed by atoms with Gasteiger partial charge in [0.2, 0.25) is 17.7 Å². The highest BCUT2D eigenvalue weighted by atomic mass is 16.4. The van der Waals surface area contributed by atoms with Gasteiger partial charge in [-0.25, -0.2) is 4.79 Å². The molecule has 3 unspecified atom stereocenters. The zero-order valence-corrected chi connectivity index (χ0v) is 17.6. The largest absolute Gasteiger partial charge is 0.480 e. The number of carboxylic acid groups (broad SMARTS) is 1. The molecule has 1 aromatic carbocycles. The SMILES string of the molecule is CCC(NC(=O)C(C)NC(=O)C(Cc1ccccc1)NC(=O)C(C)(C)C)C(=O)O. The molecule has 0 saturated heterocycles. The molecule has 160 valence electrons. The predicted molar refractivity (Wildman–Crippen MR) is 109 cm³/mol. The summed E-state index contributed by atoms with van der Waals surface area (Å²) >= 11 is 0. The molecule has 0 bridgehead atoms. The third-order valence-corrected chi connectivity index (χ3v) is 4.36. The van der Waals surface area contributed by atoms with Crippen LogP contribution < -0.4 is 16.0 Å². The van der Waals surface area contributed by atoms with Gasteiger partial charge in [0.1, 0.15) is 18.1 Å². The first-order chi connectivity index (χ1) is 13.5. The third kappa shape index (κ3) is 7.93. The van der Waals surface area contributed by atoms with E-state index in [9.17, 15) is 19.2 Å². The Hall–Kier alpha value is -2.90. The smallest absolute Gasteiger partial charge is 0.326 e. The summed E-state index contributed by atoms with van der Waals surface area (Å²) < 4.78 is 0. The average molecular weight is 405 g/mol. The van der Waals surface area contributed by atoms with Crippen molar-refractivity contribution in [3.05, 3.63) is 35.9 Å². The van der Waals surface area contributed by atoms with Crippen LogP contribution in [0.15, 0.2) is 30.3 Å². The molecule has 8 heteroatoms. The molecule has 0 radical (unpaired) electrons. The average Bonchev–Trinajstić information content (AvgIpc) is 2.64. The van der Waals surface area contributed by atoms with E-state index in [1.54, 1.807) is 27.7 Å². The number of aliphatic carboxylic acids is 1. The van der Waals surface area contributed by atoms with Gasteiger partial charge in [0, 0.05) is 11.8 Å². The van der Waals surface area contributed by atoms with Crippen molar-refractivity contribution in [2.24, 2.45) is 5.41 Å². The molecule has 29 heavy (non-hydrogen) atoms. The maximum atomic E-state index is 12.8. The van der Waals surface area contributed by atoms with Crippen LogP contribution in [0.4, 0.5) is 0 Å². The number of hydrogen-bond acceptors (Lipinski definition) is 4. The molecule has 0 aliphatic rings. The molecule has 0 fully saturated rings. The standard InChI is InChI=1S/C21H31N3O5/c1-6-15(19(27)28)23-17(25)13(2)22-18(26)16(24-20(29)21(3,4)5)12-14-10-8-7-9-11-14/h7-11,13,15-16H,6,12H2,1-5H3,(H,22,26)(H,23,25)(H,24,29)(H,27,28). The summed E-state index contributed by atoms with van der Waals surface area (Å²) in [6, 6.07) is 6.36. The van der Waals surface area contributed by atoms with E-state index in [1.807, 2.05) is 30.3 Å². The second-order valence-corrected chi connectivity index (χ2v) is 8.00. The monoisotopic (exact) mass is 405 g/mol. The minimum Gasteiger partial charge on any atom is -0.480 e. The lowest BCUT2D eigenvalue weighted by Gasteiger charge is -2.25. The van der Waals surface area contributed by atoms with Gasteiger partial charge in [-0.1, -0.05) is 58.0 Å². The predicted octanol–water partition coefficient (Wildman–Crippen LogP) is 1.24. The number of rotatable bonds is 9. The van der Waals surface area contributed by atoms with Crippen LogP contribution in [0.5, 0.6) is 0 Å². The van der Waals surface area contributed by atoms with Crippen LogP contribution >= 0.6 is 0 Å². The van der Waals surface area contributed by atoms with Crippen LogP contribution in [0.2, 0.25) is 0 Å². The molecular formula is C21H31N3O5. The topological polar surface area (TPSA) is 125 Å². The number of carboxylic acids is 1. The van der Waals surface area contributed by atoms with Gasteiger partial charge in [-0.3, -0.25) is 14.4 Å². The van der Waals surface area contributed by atoms with Crippen molar-refractivity contribution in [3.63, 3.8) is 0 Å². The zero-order valence-electron chi connectivity index (χ0n) is 17.6. The molecule has 4 N–H and O–H groups in total. The first-order valence-electron chi connectivity index (χ1n) is 9.64. The van der Waals surface area contributed by atoms with Gasteiger partial charge in [-0.2, -0.15) is 0 Å². The van der Waals surface area contributed by atoms with Crippen molar-refractivity contribution in [3.8, 4) is 0 Å². The van der Waals surface area contributed by atoms with Gasteiger partial charge < -0.3 is 21.1 Å². The number of nitrogens with one attached hydrogen (secondary N) is 3. The van der Waals surface area contributed by atoms with Gasteiger partial charge >= 0.3 is 5.97 Å². The van der Waals surface area contributed by atoms with Crippen molar-refractivity contribution >= 4 is 23.7 Å². The van der Waals surface area contributed by atoms with Gasteiger partial charge in [0.15, 0.2) is 0 Å². The van der Waals surface area contributed by atoms with Gasteiger partial charge in [0.05, 0.1) is 0 Å². The highest BCUT2D eigenvalue weighted by Crippen LogP contribution is 2.14. The van der Waals surface area contributed by atoms with Crippen LogP contribution in [0, 0.1) is 5.41 Å². The highest BCUT2D eigenvalue weighted by Gasteiger charge is 2.30. The number of carbonyl (C=O) groups excluding carboxylic acids is 3. The van der Waals surface area contributed by atoms with Gasteiger partial charge in [0.25, 0.3) is 0 Å². The summed E-state index contributed by atoms with van der Waals surface area (Å²) in [5.74, 6) is -2.55. The molecule has 1 aromatic rings. The summed E-state index contributed by atoms with van der Waals surface area (Å²) in [5.41, 5.74) is 0.171. The fraction of sp³-hybridized carbons (Fsp3) is 0.524. The van der Waals surface area contributed by atoms with Crippen LogP contribution in [0.1, 0.15) is 46.6 Å². The first kappa shape index (κ1) is 24.1. The van der Waals surface area contributed by atoms with E-state index >= 15 is 0 Å². The Balaban J connectivity index is 2.88. The van der Waals surface area contributed by atoms with Crippen molar-refractivity contribution in [2.45, 2.75) is 65.6 Å². The Labute approximate surface area is 171 Å². The fourth-order valence-electron chi connectivity index (χ4n) is 2.45. The summed E-state index contributed by atoms with van der Waals surface area (Å²) in [6.45, 7) is 8.33. The minimum atomic E-state index is -1.14. The van der Waals surface area contributed by atoms with E-state index in [2.05, 4.69) is 16.0 Å². The van der Waals surface area contributed by atoms with Crippen LogP contribution in [0.3, 0.4) is 0 Å². The number of hydrogen-bond donors (Lipinski definition) is 4. The zero-order chi connectivity index (χ0) is 22.2. The molecule has 0 aliphatic heterocycles. The molecular weight excluding hydrogens is 374 g/mol. The van der Waals surface area contributed by atoms with E-state index < -0.39 is 41.3 Å². The molecule has 0 saturated carbocycles. The van der Waals surface area contributed by atoms with Crippen molar-refractivity contribution in [1.82, 2.24) is 16.0 Å². The summed E-state index contributed by atoms with van der Waals surface area (Å²) in [5, 5.41) is 16.8. The quantitative estimate of drug-likeness (QED) is 0.492. The Morgan fingerprint density at radius 3 is 2.00 bits per heavy atom. The molecule has 0 aliphatic carbocycles. The number of carbonyl (C=O) groups is 4. The van der Waals surface area contributed by atoms with E-state index in [0.29, 0.717) is 0 Å². The first-order valence-corrected chi connectivity index (χ1v) is 9.64. The maximum Gasteiger partial charge on any atom is 0.326 e. The minimum absolute atomic E-state index is 0.222. The van der Waals surface area contributed by atoms with E-state index in [-0.39, 0.29) is 18.7 Å². The molecule has 1 rings (SSSR count). The Morgan fingerprint density at radius 2 is 1.52 bits per heavy atom. The second kappa shape index (κ2) is 10.6. The second-order valence-electron chi connectivity index (χ2n) is 8.00. The van der Waals surface area contributed by atoms with Gasteiger partial charge in [-0.05, 0) is 18.9 Å². The number of benzene rings is 1. The summed E-state index contributed by atoms with van der Waals surface area (Å²) in [6.07, 6.45) is 0.482. The summed E-state index contributed by atoms with van der Waals surface area (Å²) in [7, 11) is 0. The van der Waals surface area contributed by atoms with Crippen molar-refractivity contribution < 1.29 is 24.3 Å². The van der Waals surface area contributed by atoms with E-state index in [4.69, 9.17) is 5.11 Å². The lowest BCUT2D eigenvalue weighted by molar-refractivity contribution is -0.142. The Morgan fingerprint density at radius 1 is 0.931 bits per heavy atom. The lowest BCUT2D eigenvalue weighted by atomic mass is 9.94. The molecule has 8 nitrogen and oxygen atoms in total. The number of amides is 3. The summed E-state index contributed by atoms with van der Waals surface area (Å²) in [4.78, 5) is 48.5. The van der Waals surface area contributed by atoms with Crippen molar-refractivity contribution in [2.75, 3.05) is 0 Å². The van der Waals surface area contributed by atoms with E-state index in [1.165, 1.54) is 6.92 Å².